The molecular weight excluding hydrogens is 621 g/mol. The molecule has 9 nitrogen and oxygen atoms in total. The molecule has 3 heterocycles. The Hall–Kier alpha value is -5.09. The number of aromatic nitrogens is 3. The number of ketones is 1. The second-order valence-corrected chi connectivity index (χ2v) is 12.1. The topological polar surface area (TPSA) is 106 Å². The van der Waals surface area contributed by atoms with Crippen molar-refractivity contribution in [3.05, 3.63) is 102 Å². The maximum Gasteiger partial charge on any atom is 0.316 e. The van der Waals surface area contributed by atoms with Crippen LogP contribution in [0, 0.1) is 11.7 Å². The highest BCUT2D eigenvalue weighted by Gasteiger charge is 2.56. The maximum absolute atomic E-state index is 15.7. The molecule has 0 unspecified atom stereocenters. The van der Waals surface area contributed by atoms with Gasteiger partial charge in [0.1, 0.15) is 12.6 Å². The van der Waals surface area contributed by atoms with Crippen LogP contribution < -0.4 is 10.1 Å². The molecule has 1 N–H and O–H groups in total. The molecule has 1 saturated carbocycles. The number of piperidine rings is 1. The number of carbonyl (C=O) groups is 3. The smallest absolute Gasteiger partial charge is 0.316 e. The number of halogens is 2. The van der Waals surface area contributed by atoms with E-state index in [-0.39, 0.29) is 52.5 Å². The van der Waals surface area contributed by atoms with Gasteiger partial charge in [0, 0.05) is 62.8 Å². The first-order valence-corrected chi connectivity index (χ1v) is 15.6. The first kappa shape index (κ1) is 31.9. The summed E-state index contributed by atoms with van der Waals surface area (Å²) in [4.78, 5) is 50.1. The number of allylic oxidation sites excluding steroid dienone is 5. The summed E-state index contributed by atoms with van der Waals surface area (Å²) in [6.45, 7) is 6.88. The van der Waals surface area contributed by atoms with Crippen molar-refractivity contribution in [3.63, 3.8) is 0 Å². The van der Waals surface area contributed by atoms with E-state index < -0.39 is 17.8 Å². The number of hydrogen-bond acceptors (Lipinski definition) is 6. The van der Waals surface area contributed by atoms with Gasteiger partial charge in [0.25, 0.3) is 0 Å². The van der Waals surface area contributed by atoms with Gasteiger partial charge in [-0.1, -0.05) is 54.6 Å². The van der Waals surface area contributed by atoms with Gasteiger partial charge in [-0.2, -0.15) is 0 Å². The summed E-state index contributed by atoms with van der Waals surface area (Å²) in [6.07, 6.45) is 11.1. The molecule has 1 aliphatic carbocycles. The molecule has 47 heavy (non-hydrogen) atoms. The van der Waals surface area contributed by atoms with Gasteiger partial charge in [0.2, 0.25) is 11.8 Å². The SMILES string of the molecule is C=C/C(Cl)=C(\C=C/C)c1cccc(NC(=O)[C@@H]2C[C@H]3C[C@H]3N2C(=O)Cn2cc(C(C)=O)c3cc(-c4cnc(OC)nc4)ccc32)c1F. The lowest BCUT2D eigenvalue weighted by Gasteiger charge is -2.27. The highest BCUT2D eigenvalue weighted by atomic mass is 35.5. The van der Waals surface area contributed by atoms with Crippen molar-refractivity contribution in [2.45, 2.75) is 45.3 Å². The molecule has 0 spiro atoms. The van der Waals surface area contributed by atoms with Crippen molar-refractivity contribution in [3.8, 4) is 17.1 Å². The summed E-state index contributed by atoms with van der Waals surface area (Å²) in [5, 5.41) is 3.69. The fourth-order valence-corrected chi connectivity index (χ4v) is 6.53. The number of nitrogens with one attached hydrogen (secondary N) is 1. The summed E-state index contributed by atoms with van der Waals surface area (Å²) in [5.41, 5.74) is 3.38. The van der Waals surface area contributed by atoms with E-state index in [9.17, 15) is 14.4 Å². The van der Waals surface area contributed by atoms with Crippen molar-refractivity contribution in [2.75, 3.05) is 12.4 Å². The van der Waals surface area contributed by atoms with E-state index in [0.29, 0.717) is 28.5 Å². The Morgan fingerprint density at radius 3 is 2.57 bits per heavy atom. The van der Waals surface area contributed by atoms with E-state index in [4.69, 9.17) is 16.3 Å². The minimum Gasteiger partial charge on any atom is -0.467 e. The fourth-order valence-electron chi connectivity index (χ4n) is 6.36. The Labute approximate surface area is 276 Å². The van der Waals surface area contributed by atoms with Crippen LogP contribution in [0.1, 0.15) is 42.6 Å². The number of ether oxygens (including phenoxy) is 1. The van der Waals surface area contributed by atoms with E-state index in [1.807, 2.05) is 18.2 Å². The van der Waals surface area contributed by atoms with Crippen molar-refractivity contribution >= 4 is 51.4 Å². The molecule has 6 rings (SSSR count). The maximum atomic E-state index is 15.7. The van der Waals surface area contributed by atoms with Gasteiger partial charge in [-0.3, -0.25) is 14.4 Å². The van der Waals surface area contributed by atoms with Crippen molar-refractivity contribution in [1.29, 1.82) is 0 Å². The van der Waals surface area contributed by atoms with E-state index in [0.717, 1.165) is 17.5 Å². The summed E-state index contributed by atoms with van der Waals surface area (Å²) in [6, 6.07) is 9.75. The first-order valence-electron chi connectivity index (χ1n) is 15.2. The zero-order valence-electron chi connectivity index (χ0n) is 26.2. The molecule has 2 aromatic carbocycles. The molecule has 2 aliphatic rings. The van der Waals surface area contributed by atoms with Gasteiger partial charge < -0.3 is 19.5 Å². The zero-order valence-corrected chi connectivity index (χ0v) is 26.9. The Morgan fingerprint density at radius 1 is 1.13 bits per heavy atom. The summed E-state index contributed by atoms with van der Waals surface area (Å²) < 4.78 is 22.5. The van der Waals surface area contributed by atoms with Gasteiger partial charge in [-0.25, -0.2) is 14.4 Å². The van der Waals surface area contributed by atoms with Crippen LogP contribution >= 0.6 is 11.6 Å². The number of anilines is 1. The average Bonchev–Trinajstić information content (AvgIpc) is 3.58. The first-order chi connectivity index (χ1) is 22.6. The van der Waals surface area contributed by atoms with Gasteiger partial charge in [-0.05, 0) is 56.4 Å². The molecule has 0 bridgehead atoms. The largest absolute Gasteiger partial charge is 0.467 e. The van der Waals surface area contributed by atoms with Crippen molar-refractivity contribution < 1.29 is 23.5 Å². The Morgan fingerprint density at radius 2 is 1.89 bits per heavy atom. The quantitative estimate of drug-likeness (QED) is 0.149. The Kier molecular flexibility index (Phi) is 8.79. The lowest BCUT2D eigenvalue weighted by atomic mass is 10.0. The number of fused-ring (bicyclic) bond motifs is 2. The number of benzene rings is 2. The van der Waals surface area contributed by atoms with Crippen molar-refractivity contribution in [1.82, 2.24) is 19.4 Å². The molecule has 2 amide bonds. The minimum absolute atomic E-state index is 0.00317. The summed E-state index contributed by atoms with van der Waals surface area (Å²) in [7, 11) is 1.49. The second-order valence-electron chi connectivity index (χ2n) is 11.7. The third-order valence-corrected chi connectivity index (χ3v) is 9.08. The number of Topliss-reactive ketones (excluding diaryl/α,β-unsaturated/α-hetero) is 1. The van der Waals surface area contributed by atoms with Gasteiger partial charge in [0.05, 0.1) is 12.8 Å². The molecule has 4 aromatic rings. The normalized spacial score (nSPS) is 19.0. The monoisotopic (exact) mass is 653 g/mol. The van der Waals surface area contributed by atoms with Gasteiger partial charge >= 0.3 is 6.01 Å². The standard InChI is InChI=1S/C36H33ClFN5O4/c1-5-8-24(28(37)6-2)25-9-7-10-29(34(25)38)41-35(46)32-15-22-14-31(22)43(32)33(45)19-42-18-27(20(3)44)26-13-21(11-12-30(26)42)23-16-39-36(47-4)40-17-23/h5-13,16-18,22,31-32H,2,14-15,19H2,1,3-4H3,(H,41,46)/b8-5-,28-24-/t22-,31-,32+/m1/s1. The molecule has 2 fully saturated rings. The zero-order chi connectivity index (χ0) is 33.4. The molecule has 1 aliphatic heterocycles. The van der Waals surface area contributed by atoms with Crippen molar-refractivity contribution in [2.24, 2.45) is 5.92 Å². The number of rotatable bonds is 10. The highest BCUT2D eigenvalue weighted by molar-refractivity contribution is 6.34. The molecule has 2 aromatic heterocycles. The number of carbonyl (C=O) groups excluding carboxylic acids is 3. The molecule has 11 heteroatoms. The number of nitrogens with zero attached hydrogens (tertiary/aromatic N) is 4. The van der Waals surface area contributed by atoms with Crippen LogP contribution in [0.2, 0.25) is 0 Å². The molecule has 1 saturated heterocycles. The predicted molar refractivity (Wildman–Crippen MR) is 179 cm³/mol. The molecular formula is C36H33ClFN5O4. The fraction of sp³-hybridized carbons (Fsp3) is 0.250. The van der Waals surface area contributed by atoms with E-state index in [1.54, 1.807) is 59.3 Å². The summed E-state index contributed by atoms with van der Waals surface area (Å²) >= 11 is 6.30. The lowest BCUT2D eigenvalue weighted by Crippen LogP contribution is -2.46. The van der Waals surface area contributed by atoms with Crippen LogP contribution in [0.4, 0.5) is 10.1 Å². The Balaban J connectivity index is 1.25. The van der Waals surface area contributed by atoms with Crippen LogP contribution in [0.15, 0.2) is 84.8 Å². The number of methoxy groups -OCH3 is 1. The third-order valence-electron chi connectivity index (χ3n) is 8.72. The highest BCUT2D eigenvalue weighted by Crippen LogP contribution is 2.48. The van der Waals surface area contributed by atoms with Gasteiger partial charge in [0.15, 0.2) is 11.6 Å². The van der Waals surface area contributed by atoms with Crippen LogP contribution in [0.25, 0.3) is 27.6 Å². The van der Waals surface area contributed by atoms with Crippen LogP contribution in [-0.2, 0) is 16.1 Å². The summed E-state index contributed by atoms with van der Waals surface area (Å²) in [5.74, 6) is -1.27. The van der Waals surface area contributed by atoms with Crippen LogP contribution in [-0.4, -0.2) is 56.2 Å². The number of likely N-dealkylation sites (tertiary alicyclic amines) is 1. The van der Waals surface area contributed by atoms with E-state index in [2.05, 4.69) is 21.9 Å². The number of hydrogen-bond donors (Lipinski definition) is 1. The minimum atomic E-state index is -0.757. The lowest BCUT2D eigenvalue weighted by molar-refractivity contribution is -0.138. The van der Waals surface area contributed by atoms with Crippen LogP contribution in [0.5, 0.6) is 6.01 Å². The Bertz CT molecular complexity index is 1980. The van der Waals surface area contributed by atoms with E-state index >= 15 is 4.39 Å². The van der Waals surface area contributed by atoms with Gasteiger partial charge in [-0.15, -0.1) is 0 Å². The van der Waals surface area contributed by atoms with Crippen LogP contribution in [0.3, 0.4) is 0 Å². The average molecular weight is 654 g/mol. The second kappa shape index (κ2) is 13.0. The predicted octanol–water partition coefficient (Wildman–Crippen LogP) is 6.79. The van der Waals surface area contributed by atoms with E-state index in [1.165, 1.54) is 26.2 Å². The molecule has 0 radical (unpaired) electrons. The number of amides is 2. The third kappa shape index (κ3) is 6.08. The molecule has 240 valence electrons. The molecule has 3 atom stereocenters.